The number of ether oxygens (including phenoxy) is 1. The Balaban J connectivity index is 1.65. The molecule has 1 aliphatic carbocycles. The number of carbonyl (C=O) groups excluding carboxylic acids is 1. The number of hydrogen-bond donors (Lipinski definition) is 1. The first-order valence-electron chi connectivity index (χ1n) is 9.11. The van der Waals surface area contributed by atoms with Crippen molar-refractivity contribution in [2.75, 3.05) is 13.1 Å². The lowest BCUT2D eigenvalue weighted by atomic mass is 9.83. The van der Waals surface area contributed by atoms with Crippen LogP contribution in [-0.4, -0.2) is 24.7 Å². The van der Waals surface area contributed by atoms with E-state index in [1.165, 1.54) is 64.5 Å². The number of rotatable bonds is 6. The van der Waals surface area contributed by atoms with Crippen LogP contribution in [0.25, 0.3) is 0 Å². The van der Waals surface area contributed by atoms with E-state index in [2.05, 4.69) is 19.2 Å². The average molecular weight is 296 g/mol. The smallest absolute Gasteiger partial charge is 0.306 e. The van der Waals surface area contributed by atoms with Crippen molar-refractivity contribution < 1.29 is 14.8 Å². The maximum Gasteiger partial charge on any atom is 0.306 e. The Labute approximate surface area is 130 Å². The molecule has 2 aliphatic rings. The van der Waals surface area contributed by atoms with E-state index in [4.69, 9.17) is 4.74 Å². The molecule has 2 rings (SSSR count). The summed E-state index contributed by atoms with van der Waals surface area (Å²) in [6, 6.07) is 0. The van der Waals surface area contributed by atoms with Crippen LogP contribution in [0.1, 0.15) is 78.1 Å². The highest BCUT2D eigenvalue weighted by Crippen LogP contribution is 2.30. The molecule has 1 saturated carbocycles. The van der Waals surface area contributed by atoms with Gasteiger partial charge in [-0.15, -0.1) is 0 Å². The summed E-state index contributed by atoms with van der Waals surface area (Å²) in [5.41, 5.74) is -0.282. The van der Waals surface area contributed by atoms with E-state index < -0.39 is 0 Å². The van der Waals surface area contributed by atoms with Gasteiger partial charge in [-0.25, -0.2) is 0 Å². The Hall–Kier alpha value is -0.570. The second kappa shape index (κ2) is 8.17. The lowest BCUT2D eigenvalue weighted by molar-refractivity contribution is -0.665. The van der Waals surface area contributed by atoms with Crippen LogP contribution < -0.4 is 5.32 Å². The monoisotopic (exact) mass is 296 g/mol. The van der Waals surface area contributed by atoms with E-state index in [-0.39, 0.29) is 11.6 Å². The minimum atomic E-state index is -0.282. The van der Waals surface area contributed by atoms with Crippen molar-refractivity contribution in [2.45, 2.75) is 83.7 Å². The second-order valence-electron chi connectivity index (χ2n) is 7.61. The molecule has 2 fully saturated rings. The van der Waals surface area contributed by atoms with Gasteiger partial charge in [-0.05, 0) is 32.6 Å². The molecule has 1 saturated heterocycles. The van der Waals surface area contributed by atoms with Crippen LogP contribution in [-0.2, 0) is 9.53 Å². The molecule has 0 amide bonds. The minimum absolute atomic E-state index is 0.0189. The van der Waals surface area contributed by atoms with Crippen molar-refractivity contribution >= 4 is 5.97 Å². The van der Waals surface area contributed by atoms with Gasteiger partial charge in [-0.1, -0.05) is 32.1 Å². The molecule has 122 valence electrons. The van der Waals surface area contributed by atoms with Gasteiger partial charge in [0.2, 0.25) is 0 Å². The van der Waals surface area contributed by atoms with E-state index in [1.807, 2.05) is 0 Å². The maximum absolute atomic E-state index is 12.1. The van der Waals surface area contributed by atoms with E-state index in [1.54, 1.807) is 0 Å². The first-order valence-corrected chi connectivity index (χ1v) is 9.11. The van der Waals surface area contributed by atoms with Gasteiger partial charge >= 0.3 is 5.97 Å². The van der Waals surface area contributed by atoms with E-state index in [0.29, 0.717) is 12.3 Å². The lowest BCUT2D eigenvalue weighted by Crippen LogP contribution is -2.86. The molecule has 3 heteroatoms. The number of quaternary nitrogens is 1. The molecule has 21 heavy (non-hydrogen) atoms. The lowest BCUT2D eigenvalue weighted by Gasteiger charge is -2.35. The second-order valence-corrected chi connectivity index (χ2v) is 7.61. The summed E-state index contributed by atoms with van der Waals surface area (Å²) in [5.74, 6) is 1.42. The third-order valence-electron chi connectivity index (χ3n) is 5.52. The molecule has 0 aromatic heterocycles. The van der Waals surface area contributed by atoms with Gasteiger partial charge in [0.25, 0.3) is 0 Å². The highest BCUT2D eigenvalue weighted by Gasteiger charge is 2.35. The Kier molecular flexibility index (Phi) is 6.53. The Morgan fingerprint density at radius 3 is 2.43 bits per heavy atom. The third-order valence-corrected chi connectivity index (χ3v) is 5.52. The summed E-state index contributed by atoms with van der Waals surface area (Å²) in [6.07, 6.45) is 12.1. The summed E-state index contributed by atoms with van der Waals surface area (Å²) in [7, 11) is 0. The normalized spacial score (nSPS) is 22.2. The average Bonchev–Trinajstić information content (AvgIpc) is 2.49. The summed E-state index contributed by atoms with van der Waals surface area (Å²) < 4.78 is 5.81. The Morgan fingerprint density at radius 2 is 1.76 bits per heavy atom. The minimum Gasteiger partial charge on any atom is -0.459 e. The summed E-state index contributed by atoms with van der Waals surface area (Å²) in [6.45, 7) is 6.55. The molecular weight excluding hydrogens is 262 g/mol. The van der Waals surface area contributed by atoms with Gasteiger partial charge in [0, 0.05) is 25.2 Å². The van der Waals surface area contributed by atoms with Crippen molar-refractivity contribution in [3.63, 3.8) is 0 Å². The third kappa shape index (κ3) is 5.61. The first kappa shape index (κ1) is 16.8. The highest BCUT2D eigenvalue weighted by atomic mass is 16.6. The standard InChI is InChI=1S/C18H33NO2/c1-18(2,16-11-13-19-14-12-16)21-17(20)10-6-9-15-7-4-3-5-8-15/h15-16,19H,3-14H2,1-2H3/p+1. The van der Waals surface area contributed by atoms with Crippen LogP contribution in [0.4, 0.5) is 0 Å². The van der Waals surface area contributed by atoms with Crippen molar-refractivity contribution in [2.24, 2.45) is 11.8 Å². The van der Waals surface area contributed by atoms with Crippen molar-refractivity contribution in [3.05, 3.63) is 0 Å². The molecule has 0 aromatic carbocycles. The fourth-order valence-electron chi connectivity index (χ4n) is 4.06. The van der Waals surface area contributed by atoms with E-state index in [9.17, 15) is 4.79 Å². The highest BCUT2D eigenvalue weighted by molar-refractivity contribution is 5.69. The van der Waals surface area contributed by atoms with Crippen molar-refractivity contribution in [1.82, 2.24) is 0 Å². The fourth-order valence-corrected chi connectivity index (χ4v) is 4.06. The largest absolute Gasteiger partial charge is 0.459 e. The maximum atomic E-state index is 12.1. The van der Waals surface area contributed by atoms with E-state index in [0.717, 1.165) is 12.3 Å². The van der Waals surface area contributed by atoms with Crippen molar-refractivity contribution in [1.29, 1.82) is 0 Å². The van der Waals surface area contributed by atoms with Gasteiger partial charge < -0.3 is 10.1 Å². The molecule has 1 aliphatic heterocycles. The number of nitrogens with two attached hydrogens (primary N) is 1. The predicted octanol–water partition coefficient (Wildman–Crippen LogP) is 3.03. The van der Waals surface area contributed by atoms with Gasteiger partial charge in [0.05, 0.1) is 13.1 Å². The number of piperidine rings is 1. The Bertz CT molecular complexity index is 315. The molecule has 0 atom stereocenters. The molecule has 0 spiro atoms. The zero-order valence-electron chi connectivity index (χ0n) is 14.0. The molecule has 0 bridgehead atoms. The number of esters is 1. The molecule has 0 radical (unpaired) electrons. The van der Waals surface area contributed by atoms with Gasteiger partial charge in [0.15, 0.2) is 0 Å². The molecule has 3 nitrogen and oxygen atoms in total. The zero-order chi connectivity index (χ0) is 15.1. The van der Waals surface area contributed by atoms with Gasteiger partial charge in [-0.2, -0.15) is 0 Å². The fraction of sp³-hybridized carbons (Fsp3) is 0.944. The summed E-state index contributed by atoms with van der Waals surface area (Å²) >= 11 is 0. The first-order chi connectivity index (χ1) is 10.1. The summed E-state index contributed by atoms with van der Waals surface area (Å²) in [5, 5.41) is 2.36. The van der Waals surface area contributed by atoms with Crippen LogP contribution in [0.5, 0.6) is 0 Å². The Morgan fingerprint density at radius 1 is 1.10 bits per heavy atom. The quantitative estimate of drug-likeness (QED) is 0.766. The predicted molar refractivity (Wildman–Crippen MR) is 85.0 cm³/mol. The molecular formula is C18H34NO2+. The number of hydrogen-bond acceptors (Lipinski definition) is 2. The van der Waals surface area contributed by atoms with Crippen LogP contribution in [0.3, 0.4) is 0 Å². The molecule has 0 aromatic rings. The zero-order valence-corrected chi connectivity index (χ0v) is 14.0. The molecule has 0 unspecified atom stereocenters. The molecule has 1 heterocycles. The van der Waals surface area contributed by atoms with Crippen molar-refractivity contribution in [3.8, 4) is 0 Å². The van der Waals surface area contributed by atoms with Gasteiger partial charge in [-0.3, -0.25) is 4.79 Å². The van der Waals surface area contributed by atoms with E-state index >= 15 is 0 Å². The topological polar surface area (TPSA) is 42.9 Å². The SMILES string of the molecule is CC(C)(OC(=O)CCCC1CCCCC1)C1CC[NH2+]CC1. The van der Waals surface area contributed by atoms with Crippen LogP contribution in [0.15, 0.2) is 0 Å². The van der Waals surface area contributed by atoms with Crippen LogP contribution in [0, 0.1) is 11.8 Å². The number of carbonyl (C=O) groups is 1. The van der Waals surface area contributed by atoms with Crippen LogP contribution in [0.2, 0.25) is 0 Å². The molecule has 2 N–H and O–H groups in total. The summed E-state index contributed by atoms with van der Waals surface area (Å²) in [4.78, 5) is 12.1. The van der Waals surface area contributed by atoms with Gasteiger partial charge in [0.1, 0.15) is 5.60 Å². The van der Waals surface area contributed by atoms with Crippen LogP contribution >= 0.6 is 0 Å².